The van der Waals surface area contributed by atoms with Crippen LogP contribution in [0.1, 0.15) is 21.8 Å². The van der Waals surface area contributed by atoms with Gasteiger partial charge >= 0.3 is 0 Å². The maximum absolute atomic E-state index is 13.1. The number of furan rings is 1. The summed E-state index contributed by atoms with van der Waals surface area (Å²) in [6.07, 6.45) is 1.62. The fraction of sp³-hybridized carbons (Fsp3) is 0.100. The first-order valence-corrected chi connectivity index (χ1v) is 9.12. The van der Waals surface area contributed by atoms with Crippen molar-refractivity contribution in [3.63, 3.8) is 0 Å². The van der Waals surface area contributed by atoms with Gasteiger partial charge in [-0.25, -0.2) is 0 Å². The zero-order valence-electron chi connectivity index (χ0n) is 14.0. The molecule has 26 heavy (non-hydrogen) atoms. The SMILES string of the molecule is O=C(c1cc(-c2cccs2)[nH]n1)N(Cc1ccccc1)Cc1ccco1. The second-order valence-electron chi connectivity index (χ2n) is 5.87. The number of hydrogen-bond acceptors (Lipinski definition) is 4. The maximum Gasteiger partial charge on any atom is 0.275 e. The number of carbonyl (C=O) groups excluding carboxylic acids is 1. The Labute approximate surface area is 154 Å². The van der Waals surface area contributed by atoms with E-state index in [0.29, 0.717) is 18.8 Å². The van der Waals surface area contributed by atoms with Gasteiger partial charge in [0.2, 0.25) is 0 Å². The number of nitrogens with zero attached hydrogens (tertiary/aromatic N) is 2. The van der Waals surface area contributed by atoms with E-state index in [0.717, 1.165) is 21.9 Å². The molecule has 0 spiro atoms. The molecule has 3 heterocycles. The van der Waals surface area contributed by atoms with Crippen molar-refractivity contribution in [1.82, 2.24) is 15.1 Å². The number of aromatic amines is 1. The van der Waals surface area contributed by atoms with Gasteiger partial charge in [-0.15, -0.1) is 11.3 Å². The second-order valence-corrected chi connectivity index (χ2v) is 6.82. The molecule has 0 fully saturated rings. The van der Waals surface area contributed by atoms with Gasteiger partial charge in [0.15, 0.2) is 5.69 Å². The molecule has 0 aliphatic heterocycles. The first kappa shape index (κ1) is 16.4. The second kappa shape index (κ2) is 7.41. The topological polar surface area (TPSA) is 62.1 Å². The van der Waals surface area contributed by atoms with Crippen molar-refractivity contribution < 1.29 is 9.21 Å². The van der Waals surface area contributed by atoms with Crippen LogP contribution in [0, 0.1) is 0 Å². The number of thiophene rings is 1. The number of nitrogens with one attached hydrogen (secondary N) is 1. The van der Waals surface area contributed by atoms with Crippen LogP contribution < -0.4 is 0 Å². The number of rotatable bonds is 6. The number of H-pyrrole nitrogens is 1. The quantitative estimate of drug-likeness (QED) is 0.546. The molecule has 1 amide bonds. The summed E-state index contributed by atoms with van der Waals surface area (Å²) in [5.74, 6) is 0.604. The Kier molecular flexibility index (Phi) is 4.66. The largest absolute Gasteiger partial charge is 0.467 e. The Morgan fingerprint density at radius 2 is 1.96 bits per heavy atom. The highest BCUT2D eigenvalue weighted by molar-refractivity contribution is 7.13. The van der Waals surface area contributed by atoms with Crippen LogP contribution in [0.2, 0.25) is 0 Å². The van der Waals surface area contributed by atoms with Crippen molar-refractivity contribution in [3.8, 4) is 10.6 Å². The fourth-order valence-corrected chi connectivity index (χ4v) is 3.44. The molecular weight excluding hydrogens is 346 g/mol. The predicted molar refractivity (Wildman–Crippen MR) is 101 cm³/mol. The van der Waals surface area contributed by atoms with Crippen molar-refractivity contribution in [3.05, 3.63) is 89.3 Å². The predicted octanol–water partition coefficient (Wildman–Crippen LogP) is 4.57. The molecule has 6 heteroatoms. The third-order valence-electron chi connectivity index (χ3n) is 4.01. The van der Waals surface area contributed by atoms with E-state index in [-0.39, 0.29) is 5.91 Å². The lowest BCUT2D eigenvalue weighted by Gasteiger charge is -2.20. The molecule has 0 radical (unpaired) electrons. The van der Waals surface area contributed by atoms with Crippen LogP contribution in [0.25, 0.3) is 10.6 Å². The van der Waals surface area contributed by atoms with Gasteiger partial charge in [-0.05, 0) is 35.2 Å². The minimum Gasteiger partial charge on any atom is -0.467 e. The summed E-state index contributed by atoms with van der Waals surface area (Å²) >= 11 is 1.60. The summed E-state index contributed by atoms with van der Waals surface area (Å²) in [5.41, 5.74) is 2.30. The molecule has 4 rings (SSSR count). The number of carbonyl (C=O) groups is 1. The first-order valence-electron chi connectivity index (χ1n) is 8.24. The minimum absolute atomic E-state index is 0.135. The van der Waals surface area contributed by atoms with Gasteiger partial charge in [0.1, 0.15) is 5.76 Å². The molecule has 1 aromatic carbocycles. The summed E-state index contributed by atoms with van der Waals surface area (Å²) in [5, 5.41) is 9.18. The van der Waals surface area contributed by atoms with Crippen molar-refractivity contribution in [2.45, 2.75) is 13.1 Å². The first-order chi connectivity index (χ1) is 12.8. The van der Waals surface area contributed by atoms with Crippen LogP contribution in [0.3, 0.4) is 0 Å². The Morgan fingerprint density at radius 3 is 2.69 bits per heavy atom. The molecule has 0 saturated heterocycles. The Hall–Kier alpha value is -3.12. The van der Waals surface area contributed by atoms with Crippen LogP contribution in [0.4, 0.5) is 0 Å². The molecular formula is C20H17N3O2S. The van der Waals surface area contributed by atoms with Gasteiger partial charge in [-0.1, -0.05) is 36.4 Å². The molecule has 5 nitrogen and oxygen atoms in total. The maximum atomic E-state index is 13.1. The van der Waals surface area contributed by atoms with Gasteiger partial charge in [-0.2, -0.15) is 5.10 Å². The molecule has 0 aliphatic rings. The van der Waals surface area contributed by atoms with E-state index in [1.165, 1.54) is 0 Å². The van der Waals surface area contributed by atoms with Crippen molar-refractivity contribution in [1.29, 1.82) is 0 Å². The molecule has 0 aliphatic carbocycles. The van der Waals surface area contributed by atoms with E-state index < -0.39 is 0 Å². The average Bonchev–Trinajstić information content (AvgIpc) is 3.42. The number of benzene rings is 1. The summed E-state index contributed by atoms with van der Waals surface area (Å²) in [4.78, 5) is 15.9. The van der Waals surface area contributed by atoms with Gasteiger partial charge < -0.3 is 9.32 Å². The van der Waals surface area contributed by atoms with Crippen LogP contribution >= 0.6 is 11.3 Å². The normalized spacial score (nSPS) is 10.8. The highest BCUT2D eigenvalue weighted by atomic mass is 32.1. The van der Waals surface area contributed by atoms with Crippen LogP contribution in [-0.4, -0.2) is 21.0 Å². The standard InChI is InChI=1S/C20H17N3O2S/c24-20(18-12-17(21-22-18)19-9-5-11-26-19)23(14-16-8-4-10-25-16)13-15-6-2-1-3-7-15/h1-12H,13-14H2,(H,21,22). The van der Waals surface area contributed by atoms with E-state index in [4.69, 9.17) is 4.42 Å². The molecule has 130 valence electrons. The van der Waals surface area contributed by atoms with Gasteiger partial charge in [0.25, 0.3) is 5.91 Å². The third-order valence-corrected chi connectivity index (χ3v) is 4.92. The van der Waals surface area contributed by atoms with E-state index in [1.807, 2.05) is 60.0 Å². The highest BCUT2D eigenvalue weighted by Crippen LogP contribution is 2.24. The molecule has 3 aromatic heterocycles. The van der Waals surface area contributed by atoms with E-state index >= 15 is 0 Å². The molecule has 0 atom stereocenters. The van der Waals surface area contributed by atoms with Gasteiger partial charge in [0, 0.05) is 6.54 Å². The average molecular weight is 363 g/mol. The molecule has 0 bridgehead atoms. The highest BCUT2D eigenvalue weighted by Gasteiger charge is 2.21. The van der Waals surface area contributed by atoms with E-state index in [1.54, 1.807) is 28.6 Å². The monoisotopic (exact) mass is 363 g/mol. The Morgan fingerprint density at radius 1 is 1.08 bits per heavy atom. The number of aromatic nitrogens is 2. The van der Waals surface area contributed by atoms with Crippen molar-refractivity contribution in [2.75, 3.05) is 0 Å². The van der Waals surface area contributed by atoms with E-state index in [9.17, 15) is 4.79 Å². The third kappa shape index (κ3) is 3.60. The van der Waals surface area contributed by atoms with E-state index in [2.05, 4.69) is 10.2 Å². The Bertz CT molecular complexity index is 960. The fourth-order valence-electron chi connectivity index (χ4n) is 2.75. The van der Waals surface area contributed by atoms with Crippen molar-refractivity contribution in [2.24, 2.45) is 0 Å². The molecule has 0 saturated carbocycles. The molecule has 0 unspecified atom stereocenters. The smallest absolute Gasteiger partial charge is 0.275 e. The van der Waals surface area contributed by atoms with Gasteiger partial charge in [-0.3, -0.25) is 9.89 Å². The molecule has 4 aromatic rings. The lowest BCUT2D eigenvalue weighted by atomic mass is 10.2. The zero-order chi connectivity index (χ0) is 17.8. The van der Waals surface area contributed by atoms with Crippen LogP contribution in [0.5, 0.6) is 0 Å². The van der Waals surface area contributed by atoms with Crippen LogP contribution in [0.15, 0.2) is 76.7 Å². The number of amides is 1. The molecule has 1 N–H and O–H groups in total. The van der Waals surface area contributed by atoms with Crippen LogP contribution in [-0.2, 0) is 13.1 Å². The van der Waals surface area contributed by atoms with Crippen molar-refractivity contribution >= 4 is 17.2 Å². The lowest BCUT2D eigenvalue weighted by Crippen LogP contribution is -2.30. The summed E-state index contributed by atoms with van der Waals surface area (Å²) in [6, 6.07) is 19.4. The lowest BCUT2D eigenvalue weighted by molar-refractivity contribution is 0.0711. The Balaban J connectivity index is 1.59. The van der Waals surface area contributed by atoms with Gasteiger partial charge in [0.05, 0.1) is 23.4 Å². The minimum atomic E-state index is -0.135. The summed E-state index contributed by atoms with van der Waals surface area (Å²) in [6.45, 7) is 0.878. The number of hydrogen-bond donors (Lipinski definition) is 1. The zero-order valence-corrected chi connectivity index (χ0v) is 14.8. The summed E-state index contributed by atoms with van der Waals surface area (Å²) in [7, 11) is 0. The summed E-state index contributed by atoms with van der Waals surface area (Å²) < 4.78 is 5.43.